The van der Waals surface area contributed by atoms with Gasteiger partial charge in [-0.15, -0.1) is 11.3 Å². The maximum Gasteiger partial charge on any atom is 0.277 e. The van der Waals surface area contributed by atoms with Crippen LogP contribution in [-0.4, -0.2) is 30.0 Å². The Labute approximate surface area is 109 Å². The normalized spacial score (nSPS) is 10.2. The van der Waals surface area contributed by atoms with Crippen molar-refractivity contribution in [2.45, 2.75) is 6.92 Å². The number of carbonyl (C=O) groups is 1. The molecule has 0 aliphatic heterocycles. The topological polar surface area (TPSA) is 55.3 Å². The fourth-order valence-electron chi connectivity index (χ4n) is 1.44. The molecule has 2 heterocycles. The zero-order valence-electron chi connectivity index (χ0n) is 10.4. The minimum Gasteiger partial charge on any atom is -0.481 e. The third-order valence-electron chi connectivity index (χ3n) is 2.46. The molecule has 2 aromatic rings. The molecule has 18 heavy (non-hydrogen) atoms. The highest BCUT2D eigenvalue weighted by Crippen LogP contribution is 2.18. The third-order valence-corrected chi connectivity index (χ3v) is 3.23. The molecule has 2 rings (SSSR count). The first-order valence-electron chi connectivity index (χ1n) is 5.32. The van der Waals surface area contributed by atoms with E-state index in [1.165, 1.54) is 16.2 Å². The van der Waals surface area contributed by atoms with E-state index in [4.69, 9.17) is 4.74 Å². The zero-order valence-corrected chi connectivity index (χ0v) is 11.2. The van der Waals surface area contributed by atoms with Crippen LogP contribution in [0.15, 0.2) is 23.7 Å². The maximum atomic E-state index is 12.1. The Balaban J connectivity index is 2.19. The minimum atomic E-state index is -0.147. The summed E-state index contributed by atoms with van der Waals surface area (Å²) >= 11 is 1.46. The average molecular weight is 263 g/mol. The average Bonchev–Trinajstić information content (AvgIpc) is 2.84. The highest BCUT2D eigenvalue weighted by atomic mass is 32.1. The van der Waals surface area contributed by atoms with Crippen molar-refractivity contribution in [2.75, 3.05) is 19.1 Å². The summed E-state index contributed by atoms with van der Waals surface area (Å²) < 4.78 is 4.97. The fraction of sp³-hybridized carbons (Fsp3) is 0.250. The van der Waals surface area contributed by atoms with E-state index >= 15 is 0 Å². The molecule has 0 aliphatic rings. The summed E-state index contributed by atoms with van der Waals surface area (Å²) in [6.45, 7) is 1.87. The van der Waals surface area contributed by atoms with Gasteiger partial charge in [0, 0.05) is 18.5 Å². The number of thiazole rings is 1. The van der Waals surface area contributed by atoms with Crippen molar-refractivity contribution >= 4 is 22.9 Å². The van der Waals surface area contributed by atoms with Gasteiger partial charge in [0.15, 0.2) is 0 Å². The van der Waals surface area contributed by atoms with Gasteiger partial charge >= 0.3 is 0 Å². The van der Waals surface area contributed by atoms with Crippen LogP contribution >= 0.6 is 11.3 Å². The van der Waals surface area contributed by atoms with E-state index < -0.39 is 0 Å². The second kappa shape index (κ2) is 5.14. The number of nitrogens with zero attached hydrogens (tertiary/aromatic N) is 3. The largest absolute Gasteiger partial charge is 0.481 e. The predicted octanol–water partition coefficient (Wildman–Crippen LogP) is 2.13. The Kier molecular flexibility index (Phi) is 3.57. The van der Waals surface area contributed by atoms with Crippen LogP contribution in [0.3, 0.4) is 0 Å². The summed E-state index contributed by atoms with van der Waals surface area (Å²) in [7, 11) is 3.25. The molecular formula is C12H13N3O2S. The third kappa shape index (κ3) is 2.48. The van der Waals surface area contributed by atoms with Crippen molar-refractivity contribution in [2.24, 2.45) is 0 Å². The Morgan fingerprint density at radius 2 is 2.22 bits per heavy atom. The summed E-state index contributed by atoms with van der Waals surface area (Å²) in [5.74, 6) is 0.371. The minimum absolute atomic E-state index is 0.147. The van der Waals surface area contributed by atoms with Crippen molar-refractivity contribution in [1.82, 2.24) is 9.97 Å². The number of aromatic nitrogens is 2. The fourth-order valence-corrected chi connectivity index (χ4v) is 2.03. The van der Waals surface area contributed by atoms with E-state index in [0.29, 0.717) is 17.3 Å². The Bertz CT molecular complexity index is 551. The van der Waals surface area contributed by atoms with Crippen molar-refractivity contribution in [3.05, 3.63) is 34.4 Å². The molecule has 2 aromatic heterocycles. The van der Waals surface area contributed by atoms with Crippen LogP contribution in [0, 0.1) is 6.92 Å². The van der Waals surface area contributed by atoms with Crippen LogP contribution in [0.2, 0.25) is 0 Å². The SMILES string of the molecule is COc1ccc(N(C)C(=O)c2csc(C)n2)cn1. The second-order valence-electron chi connectivity index (χ2n) is 3.67. The lowest BCUT2D eigenvalue weighted by molar-refractivity contribution is 0.0988. The number of methoxy groups -OCH3 is 1. The maximum absolute atomic E-state index is 12.1. The van der Waals surface area contributed by atoms with Crippen LogP contribution in [0.5, 0.6) is 5.88 Å². The van der Waals surface area contributed by atoms with Crippen molar-refractivity contribution in [3.8, 4) is 5.88 Å². The highest BCUT2D eigenvalue weighted by molar-refractivity contribution is 7.09. The zero-order chi connectivity index (χ0) is 13.1. The standard InChI is InChI=1S/C12H13N3O2S/c1-8-14-10(7-18-8)12(16)15(2)9-4-5-11(17-3)13-6-9/h4-7H,1-3H3. The van der Waals surface area contributed by atoms with Crippen LogP contribution in [-0.2, 0) is 0 Å². The number of hydrogen-bond donors (Lipinski definition) is 0. The predicted molar refractivity (Wildman–Crippen MR) is 70.4 cm³/mol. The summed E-state index contributed by atoms with van der Waals surface area (Å²) in [5.41, 5.74) is 1.15. The smallest absolute Gasteiger partial charge is 0.277 e. The molecule has 5 nitrogen and oxygen atoms in total. The first-order chi connectivity index (χ1) is 8.61. The van der Waals surface area contributed by atoms with Crippen molar-refractivity contribution in [1.29, 1.82) is 0 Å². The van der Waals surface area contributed by atoms with Gasteiger partial charge in [0.1, 0.15) is 5.69 Å². The van der Waals surface area contributed by atoms with Crippen LogP contribution < -0.4 is 9.64 Å². The van der Waals surface area contributed by atoms with Gasteiger partial charge in [-0.1, -0.05) is 0 Å². The van der Waals surface area contributed by atoms with Crippen LogP contribution in [0.4, 0.5) is 5.69 Å². The number of carbonyl (C=O) groups excluding carboxylic acids is 1. The van der Waals surface area contributed by atoms with Gasteiger partial charge in [-0.25, -0.2) is 9.97 Å². The number of hydrogen-bond acceptors (Lipinski definition) is 5. The number of ether oxygens (including phenoxy) is 1. The molecule has 0 bridgehead atoms. The quantitative estimate of drug-likeness (QED) is 0.851. The van der Waals surface area contributed by atoms with E-state index in [-0.39, 0.29) is 5.91 Å². The summed E-state index contributed by atoms with van der Waals surface area (Å²) in [6.07, 6.45) is 1.59. The Morgan fingerprint density at radius 3 is 2.72 bits per heavy atom. The van der Waals surface area contributed by atoms with Crippen molar-refractivity contribution in [3.63, 3.8) is 0 Å². The number of amides is 1. The summed E-state index contributed by atoms with van der Waals surface area (Å²) in [6, 6.07) is 3.49. The van der Waals surface area contributed by atoms with Crippen LogP contribution in [0.1, 0.15) is 15.5 Å². The number of pyridine rings is 1. The molecule has 6 heteroatoms. The van der Waals surface area contributed by atoms with Gasteiger partial charge in [-0.2, -0.15) is 0 Å². The van der Waals surface area contributed by atoms with E-state index in [0.717, 1.165) is 5.01 Å². The molecular weight excluding hydrogens is 250 g/mol. The lowest BCUT2D eigenvalue weighted by atomic mass is 10.3. The van der Waals surface area contributed by atoms with Gasteiger partial charge in [-0.3, -0.25) is 4.79 Å². The van der Waals surface area contributed by atoms with E-state index in [9.17, 15) is 4.79 Å². The Hall–Kier alpha value is -1.95. The second-order valence-corrected chi connectivity index (χ2v) is 4.74. The molecule has 0 unspecified atom stereocenters. The molecule has 0 aliphatic carbocycles. The number of aryl methyl sites for hydroxylation is 1. The van der Waals surface area contributed by atoms with Gasteiger partial charge in [0.25, 0.3) is 5.91 Å². The lowest BCUT2D eigenvalue weighted by Crippen LogP contribution is -2.26. The molecule has 0 N–H and O–H groups in total. The summed E-state index contributed by atoms with van der Waals surface area (Å²) in [5, 5.41) is 2.63. The molecule has 1 amide bonds. The highest BCUT2D eigenvalue weighted by Gasteiger charge is 2.16. The Morgan fingerprint density at radius 1 is 1.44 bits per heavy atom. The molecule has 94 valence electrons. The molecule has 0 atom stereocenters. The van der Waals surface area contributed by atoms with E-state index in [2.05, 4.69) is 9.97 Å². The van der Waals surface area contributed by atoms with E-state index in [1.807, 2.05) is 6.92 Å². The van der Waals surface area contributed by atoms with Gasteiger partial charge in [0.05, 0.1) is 24.0 Å². The van der Waals surface area contributed by atoms with Crippen LogP contribution in [0.25, 0.3) is 0 Å². The molecule has 0 aromatic carbocycles. The van der Waals surface area contributed by atoms with Gasteiger partial charge < -0.3 is 9.64 Å². The van der Waals surface area contributed by atoms with Gasteiger partial charge in [-0.05, 0) is 13.0 Å². The lowest BCUT2D eigenvalue weighted by Gasteiger charge is -2.15. The summed E-state index contributed by atoms with van der Waals surface area (Å²) in [4.78, 5) is 21.9. The molecule has 0 saturated carbocycles. The number of anilines is 1. The first kappa shape index (κ1) is 12.5. The van der Waals surface area contributed by atoms with E-state index in [1.54, 1.807) is 37.9 Å². The number of rotatable bonds is 3. The molecule has 0 saturated heterocycles. The molecule has 0 fully saturated rings. The van der Waals surface area contributed by atoms with Gasteiger partial charge in [0.2, 0.25) is 5.88 Å². The van der Waals surface area contributed by atoms with Crippen molar-refractivity contribution < 1.29 is 9.53 Å². The monoisotopic (exact) mass is 263 g/mol. The molecule has 0 spiro atoms. The molecule has 0 radical (unpaired) electrons. The first-order valence-corrected chi connectivity index (χ1v) is 6.20.